The van der Waals surface area contributed by atoms with Gasteiger partial charge in [0.25, 0.3) is 5.91 Å². The minimum atomic E-state index is -1.00. The van der Waals surface area contributed by atoms with Gasteiger partial charge in [0.1, 0.15) is 0 Å². The molecule has 26 heavy (non-hydrogen) atoms. The van der Waals surface area contributed by atoms with Gasteiger partial charge in [-0.3, -0.25) is 30.0 Å². The lowest BCUT2D eigenvalue weighted by Crippen LogP contribution is -2.49. The summed E-state index contributed by atoms with van der Waals surface area (Å²) in [6.45, 7) is 3.41. The van der Waals surface area contributed by atoms with E-state index in [0.29, 0.717) is 5.56 Å². The summed E-state index contributed by atoms with van der Waals surface area (Å²) >= 11 is 0. The predicted molar refractivity (Wildman–Crippen MR) is 95.2 cm³/mol. The maximum absolute atomic E-state index is 12.6. The summed E-state index contributed by atoms with van der Waals surface area (Å²) in [6, 6.07) is 14.5. The number of carbonyl (C=O) groups is 4. The van der Waals surface area contributed by atoms with E-state index in [1.165, 1.54) is 12.1 Å². The van der Waals surface area contributed by atoms with Crippen LogP contribution < -0.4 is 16.2 Å². The van der Waals surface area contributed by atoms with Crippen LogP contribution in [0.15, 0.2) is 54.6 Å². The standard InChI is InChI=1S/C19H19N3O4/c1-12(2)20-18(25)19(26)22-21-17(24)15-11-7-6-10-14(15)16(23)13-8-4-3-5-9-13/h3-12H,1-2H3,(H,20,25)(H,21,24)(H,22,26). The average Bonchev–Trinajstić information content (AvgIpc) is 2.65. The van der Waals surface area contributed by atoms with Crippen LogP contribution in [0.3, 0.4) is 0 Å². The van der Waals surface area contributed by atoms with Crippen molar-refractivity contribution >= 4 is 23.5 Å². The van der Waals surface area contributed by atoms with Gasteiger partial charge in [-0.05, 0) is 19.9 Å². The van der Waals surface area contributed by atoms with Gasteiger partial charge in [0.05, 0.1) is 5.56 Å². The van der Waals surface area contributed by atoms with E-state index < -0.39 is 17.7 Å². The summed E-state index contributed by atoms with van der Waals surface area (Å²) in [5, 5.41) is 2.40. The van der Waals surface area contributed by atoms with Gasteiger partial charge < -0.3 is 5.32 Å². The number of hydrazine groups is 1. The van der Waals surface area contributed by atoms with E-state index >= 15 is 0 Å². The molecule has 0 bridgehead atoms. The van der Waals surface area contributed by atoms with Crippen molar-refractivity contribution in [1.29, 1.82) is 0 Å². The molecule has 0 spiro atoms. The third kappa shape index (κ3) is 4.76. The van der Waals surface area contributed by atoms with Gasteiger partial charge in [-0.15, -0.1) is 0 Å². The van der Waals surface area contributed by atoms with Crippen LogP contribution in [0, 0.1) is 0 Å². The summed E-state index contributed by atoms with van der Waals surface area (Å²) in [5.41, 5.74) is 4.90. The number of ketones is 1. The van der Waals surface area contributed by atoms with Crippen LogP contribution in [0.4, 0.5) is 0 Å². The zero-order chi connectivity index (χ0) is 19.1. The SMILES string of the molecule is CC(C)NC(=O)C(=O)NNC(=O)c1ccccc1C(=O)c1ccccc1. The molecule has 3 amide bonds. The molecule has 7 heteroatoms. The molecule has 0 fully saturated rings. The fourth-order valence-electron chi connectivity index (χ4n) is 2.19. The highest BCUT2D eigenvalue weighted by Gasteiger charge is 2.20. The van der Waals surface area contributed by atoms with Crippen molar-refractivity contribution in [3.8, 4) is 0 Å². The number of nitrogens with one attached hydrogen (secondary N) is 3. The molecule has 0 aromatic heterocycles. The number of hydrogen-bond donors (Lipinski definition) is 3. The first-order chi connectivity index (χ1) is 12.4. The van der Waals surface area contributed by atoms with Crippen LogP contribution in [-0.4, -0.2) is 29.5 Å². The Morgan fingerprint density at radius 1 is 0.731 bits per heavy atom. The van der Waals surface area contributed by atoms with Crippen LogP contribution in [-0.2, 0) is 9.59 Å². The van der Waals surface area contributed by atoms with Crippen LogP contribution in [0.1, 0.15) is 40.1 Å². The highest BCUT2D eigenvalue weighted by Crippen LogP contribution is 2.14. The first kappa shape index (κ1) is 18.9. The van der Waals surface area contributed by atoms with E-state index in [1.54, 1.807) is 56.3 Å². The molecule has 0 aliphatic rings. The normalized spacial score (nSPS) is 10.1. The van der Waals surface area contributed by atoms with Gasteiger partial charge in [-0.1, -0.05) is 48.5 Å². The molecule has 7 nitrogen and oxygen atoms in total. The minimum absolute atomic E-state index is 0.0888. The molecular weight excluding hydrogens is 334 g/mol. The maximum atomic E-state index is 12.6. The molecule has 0 atom stereocenters. The summed E-state index contributed by atoms with van der Waals surface area (Å²) < 4.78 is 0. The zero-order valence-electron chi connectivity index (χ0n) is 14.4. The van der Waals surface area contributed by atoms with Crippen molar-refractivity contribution in [1.82, 2.24) is 16.2 Å². The molecule has 0 unspecified atom stereocenters. The van der Waals surface area contributed by atoms with Crippen LogP contribution in [0.2, 0.25) is 0 Å². The van der Waals surface area contributed by atoms with E-state index in [4.69, 9.17) is 0 Å². The molecule has 0 saturated heterocycles. The second-order valence-corrected chi connectivity index (χ2v) is 5.78. The Hall–Kier alpha value is -3.48. The van der Waals surface area contributed by atoms with Crippen molar-refractivity contribution in [2.24, 2.45) is 0 Å². The predicted octanol–water partition coefficient (Wildman–Crippen LogP) is 1.20. The smallest absolute Gasteiger partial charge is 0.327 e. The molecule has 3 N–H and O–H groups in total. The molecular formula is C19H19N3O4. The van der Waals surface area contributed by atoms with Crippen LogP contribution >= 0.6 is 0 Å². The fraction of sp³-hybridized carbons (Fsp3) is 0.158. The number of benzene rings is 2. The Labute approximate surface area is 150 Å². The van der Waals surface area contributed by atoms with Crippen molar-refractivity contribution < 1.29 is 19.2 Å². The summed E-state index contributed by atoms with van der Waals surface area (Å²) in [4.78, 5) is 48.1. The van der Waals surface area contributed by atoms with Crippen molar-refractivity contribution in [3.63, 3.8) is 0 Å². The van der Waals surface area contributed by atoms with Gasteiger partial charge >= 0.3 is 11.8 Å². The third-order valence-electron chi connectivity index (χ3n) is 3.37. The van der Waals surface area contributed by atoms with Gasteiger partial charge in [0, 0.05) is 17.2 Å². The summed E-state index contributed by atoms with van der Waals surface area (Å²) in [5.74, 6) is -2.89. The van der Waals surface area contributed by atoms with Crippen LogP contribution in [0.25, 0.3) is 0 Å². The van der Waals surface area contributed by atoms with Gasteiger partial charge in [0.15, 0.2) is 5.78 Å². The number of rotatable bonds is 4. The van der Waals surface area contributed by atoms with Crippen molar-refractivity contribution in [3.05, 3.63) is 71.3 Å². The van der Waals surface area contributed by atoms with Crippen LogP contribution in [0.5, 0.6) is 0 Å². The molecule has 0 heterocycles. The average molecular weight is 353 g/mol. The van der Waals surface area contributed by atoms with E-state index in [0.717, 1.165) is 0 Å². The Morgan fingerprint density at radius 2 is 1.31 bits per heavy atom. The molecule has 2 aromatic rings. The molecule has 2 aromatic carbocycles. The van der Waals surface area contributed by atoms with Gasteiger partial charge in [0.2, 0.25) is 0 Å². The number of carbonyl (C=O) groups excluding carboxylic acids is 4. The molecule has 0 aliphatic carbocycles. The summed E-state index contributed by atoms with van der Waals surface area (Å²) in [6.07, 6.45) is 0. The van der Waals surface area contributed by atoms with E-state index in [2.05, 4.69) is 10.7 Å². The molecule has 0 saturated carbocycles. The lowest BCUT2D eigenvalue weighted by molar-refractivity contribution is -0.139. The first-order valence-corrected chi connectivity index (χ1v) is 8.00. The third-order valence-corrected chi connectivity index (χ3v) is 3.37. The van der Waals surface area contributed by atoms with Gasteiger partial charge in [-0.25, -0.2) is 0 Å². The first-order valence-electron chi connectivity index (χ1n) is 8.00. The Morgan fingerprint density at radius 3 is 1.92 bits per heavy atom. The second-order valence-electron chi connectivity index (χ2n) is 5.78. The molecule has 0 radical (unpaired) electrons. The Balaban J connectivity index is 2.12. The van der Waals surface area contributed by atoms with Crippen molar-refractivity contribution in [2.75, 3.05) is 0 Å². The van der Waals surface area contributed by atoms with Gasteiger partial charge in [-0.2, -0.15) is 0 Å². The number of hydrogen-bond acceptors (Lipinski definition) is 4. The molecule has 2 rings (SSSR count). The fourth-order valence-corrected chi connectivity index (χ4v) is 2.19. The monoisotopic (exact) mass is 353 g/mol. The molecule has 0 aliphatic heterocycles. The highest BCUT2D eigenvalue weighted by atomic mass is 16.2. The topological polar surface area (TPSA) is 104 Å². The van der Waals surface area contributed by atoms with E-state index in [1.807, 2.05) is 5.43 Å². The van der Waals surface area contributed by atoms with E-state index in [-0.39, 0.29) is 23.0 Å². The highest BCUT2D eigenvalue weighted by molar-refractivity contribution is 6.35. The minimum Gasteiger partial charge on any atom is -0.346 e. The quantitative estimate of drug-likeness (QED) is 0.436. The van der Waals surface area contributed by atoms with Crippen molar-refractivity contribution in [2.45, 2.75) is 19.9 Å². The molecule has 134 valence electrons. The summed E-state index contributed by atoms with van der Waals surface area (Å²) in [7, 11) is 0. The number of amides is 3. The second kappa shape index (κ2) is 8.57. The lowest BCUT2D eigenvalue weighted by Gasteiger charge is -2.11. The maximum Gasteiger partial charge on any atom is 0.327 e. The van der Waals surface area contributed by atoms with E-state index in [9.17, 15) is 19.2 Å². The zero-order valence-corrected chi connectivity index (χ0v) is 14.4. The lowest BCUT2D eigenvalue weighted by atomic mass is 9.98. The Bertz CT molecular complexity index is 832. The Kier molecular flexibility index (Phi) is 6.21. The largest absolute Gasteiger partial charge is 0.346 e.